The minimum Gasteiger partial charge on any atom is -0.488 e. The lowest BCUT2D eigenvalue weighted by Gasteiger charge is -2.16. The van der Waals surface area contributed by atoms with E-state index < -0.39 is 11.6 Å². The average Bonchev–Trinajstić information content (AvgIpc) is 2.98. The monoisotopic (exact) mass is 373 g/mol. The fourth-order valence-electron chi connectivity index (χ4n) is 2.88. The van der Waals surface area contributed by atoms with Gasteiger partial charge in [-0.2, -0.15) is 0 Å². The van der Waals surface area contributed by atoms with Crippen LogP contribution in [0.3, 0.4) is 0 Å². The molecule has 1 amide bonds. The molecule has 27 heavy (non-hydrogen) atoms. The standard InChI is InChI=1S/C20H21F2N3O2/c1-3-19-24-16-6-4-5-7-17(16)25(19)11-20(26)23-13(2)12-27-18-9-8-14(21)10-15(18)22/h4-10,13H,3,11-12H2,1-2H3,(H,23,26). The van der Waals surface area contributed by atoms with Gasteiger partial charge in [-0.25, -0.2) is 13.8 Å². The van der Waals surface area contributed by atoms with E-state index in [-0.39, 0.29) is 30.9 Å². The SMILES string of the molecule is CCc1nc2ccccc2n1CC(=O)NC(C)COc1ccc(F)cc1F. The number of imidazole rings is 1. The number of carbonyl (C=O) groups is 1. The van der Waals surface area contributed by atoms with E-state index in [1.807, 2.05) is 35.8 Å². The summed E-state index contributed by atoms with van der Waals surface area (Å²) >= 11 is 0. The molecule has 0 radical (unpaired) electrons. The molecule has 1 aromatic heterocycles. The zero-order chi connectivity index (χ0) is 19.4. The molecule has 0 aliphatic heterocycles. The van der Waals surface area contributed by atoms with Crippen LogP contribution in [-0.4, -0.2) is 28.1 Å². The number of hydrogen-bond acceptors (Lipinski definition) is 3. The van der Waals surface area contributed by atoms with Gasteiger partial charge in [0.1, 0.15) is 24.8 Å². The predicted octanol–water partition coefficient (Wildman–Crippen LogP) is 3.46. The summed E-state index contributed by atoms with van der Waals surface area (Å²) in [6, 6.07) is 10.4. The molecule has 2 aromatic carbocycles. The van der Waals surface area contributed by atoms with Gasteiger partial charge in [0.2, 0.25) is 5.91 Å². The molecule has 0 saturated heterocycles. The summed E-state index contributed by atoms with van der Waals surface area (Å²) in [7, 11) is 0. The van der Waals surface area contributed by atoms with Crippen LogP contribution in [0, 0.1) is 11.6 Å². The number of aromatic nitrogens is 2. The number of amides is 1. The molecule has 0 fully saturated rings. The summed E-state index contributed by atoms with van der Waals surface area (Å²) in [4.78, 5) is 17.0. The van der Waals surface area contributed by atoms with Crippen LogP contribution in [0.1, 0.15) is 19.7 Å². The fourth-order valence-corrected chi connectivity index (χ4v) is 2.88. The van der Waals surface area contributed by atoms with Crippen LogP contribution in [0.2, 0.25) is 0 Å². The number of benzene rings is 2. The fraction of sp³-hybridized carbons (Fsp3) is 0.300. The zero-order valence-electron chi connectivity index (χ0n) is 15.2. The molecule has 0 spiro atoms. The number of halogens is 2. The molecule has 5 nitrogen and oxygen atoms in total. The molecular weight excluding hydrogens is 352 g/mol. The van der Waals surface area contributed by atoms with Gasteiger partial charge < -0.3 is 14.6 Å². The highest BCUT2D eigenvalue weighted by Gasteiger charge is 2.15. The molecule has 3 aromatic rings. The van der Waals surface area contributed by atoms with Crippen LogP contribution in [0.25, 0.3) is 11.0 Å². The lowest BCUT2D eigenvalue weighted by molar-refractivity contribution is -0.122. The summed E-state index contributed by atoms with van der Waals surface area (Å²) < 4.78 is 33.7. The van der Waals surface area contributed by atoms with E-state index in [2.05, 4.69) is 10.3 Å². The number of nitrogens with zero attached hydrogens (tertiary/aromatic N) is 2. The lowest BCUT2D eigenvalue weighted by atomic mass is 10.3. The maximum atomic E-state index is 13.6. The van der Waals surface area contributed by atoms with E-state index in [0.29, 0.717) is 6.42 Å². The summed E-state index contributed by atoms with van der Waals surface area (Å²) in [6.07, 6.45) is 0.713. The van der Waals surface area contributed by atoms with Crippen molar-refractivity contribution >= 4 is 16.9 Å². The van der Waals surface area contributed by atoms with E-state index in [0.717, 1.165) is 29.0 Å². The van der Waals surface area contributed by atoms with Gasteiger partial charge in [-0.3, -0.25) is 4.79 Å². The van der Waals surface area contributed by atoms with Crippen LogP contribution in [0.4, 0.5) is 8.78 Å². The molecule has 1 atom stereocenters. The van der Waals surface area contributed by atoms with Crippen LogP contribution >= 0.6 is 0 Å². The Bertz CT molecular complexity index is 956. The van der Waals surface area contributed by atoms with Crippen LogP contribution in [0.5, 0.6) is 5.75 Å². The quantitative estimate of drug-likeness (QED) is 0.690. The first-order chi connectivity index (χ1) is 13.0. The van der Waals surface area contributed by atoms with E-state index in [1.165, 1.54) is 6.07 Å². The topological polar surface area (TPSA) is 56.2 Å². The second-order valence-corrected chi connectivity index (χ2v) is 6.31. The molecule has 0 aliphatic rings. The zero-order valence-corrected chi connectivity index (χ0v) is 15.2. The van der Waals surface area contributed by atoms with E-state index >= 15 is 0 Å². The number of rotatable bonds is 7. The van der Waals surface area contributed by atoms with Gasteiger partial charge >= 0.3 is 0 Å². The second-order valence-electron chi connectivity index (χ2n) is 6.31. The maximum Gasteiger partial charge on any atom is 0.240 e. The Morgan fingerprint density at radius 1 is 1.26 bits per heavy atom. The maximum absolute atomic E-state index is 13.6. The Morgan fingerprint density at radius 3 is 2.78 bits per heavy atom. The molecule has 142 valence electrons. The van der Waals surface area contributed by atoms with Crippen molar-refractivity contribution in [3.8, 4) is 5.75 Å². The smallest absolute Gasteiger partial charge is 0.240 e. The van der Waals surface area contributed by atoms with Crippen molar-refractivity contribution in [1.29, 1.82) is 0 Å². The third-order valence-electron chi connectivity index (χ3n) is 4.14. The summed E-state index contributed by atoms with van der Waals surface area (Å²) in [6.45, 7) is 3.95. The minimum atomic E-state index is -0.772. The van der Waals surface area contributed by atoms with Gasteiger partial charge in [0.25, 0.3) is 0 Å². The third kappa shape index (κ3) is 4.42. The third-order valence-corrected chi connectivity index (χ3v) is 4.14. The second kappa shape index (κ2) is 8.16. The van der Waals surface area contributed by atoms with Gasteiger partial charge in [-0.1, -0.05) is 19.1 Å². The normalized spacial score (nSPS) is 12.1. The van der Waals surface area contributed by atoms with Crippen molar-refractivity contribution in [2.24, 2.45) is 0 Å². The number of nitrogens with one attached hydrogen (secondary N) is 1. The Hall–Kier alpha value is -2.96. The first-order valence-corrected chi connectivity index (χ1v) is 8.79. The van der Waals surface area contributed by atoms with Crippen molar-refractivity contribution in [2.45, 2.75) is 32.9 Å². The van der Waals surface area contributed by atoms with Crippen molar-refractivity contribution in [3.63, 3.8) is 0 Å². The highest BCUT2D eigenvalue weighted by Crippen LogP contribution is 2.18. The van der Waals surface area contributed by atoms with Gasteiger partial charge in [-0.15, -0.1) is 0 Å². The van der Waals surface area contributed by atoms with E-state index in [4.69, 9.17) is 4.74 Å². The van der Waals surface area contributed by atoms with Crippen molar-refractivity contribution < 1.29 is 18.3 Å². The highest BCUT2D eigenvalue weighted by molar-refractivity contribution is 5.81. The lowest BCUT2D eigenvalue weighted by Crippen LogP contribution is -2.39. The molecule has 0 aliphatic carbocycles. The molecule has 7 heteroatoms. The van der Waals surface area contributed by atoms with E-state index in [9.17, 15) is 13.6 Å². The molecule has 0 saturated carbocycles. The number of aryl methyl sites for hydroxylation is 1. The predicted molar refractivity (Wildman–Crippen MR) is 98.6 cm³/mol. The number of para-hydroxylation sites is 2. The van der Waals surface area contributed by atoms with Gasteiger partial charge in [0.15, 0.2) is 11.6 Å². The first-order valence-electron chi connectivity index (χ1n) is 8.79. The molecule has 1 unspecified atom stereocenters. The van der Waals surface area contributed by atoms with Gasteiger partial charge in [-0.05, 0) is 31.2 Å². The molecule has 1 N–H and O–H groups in total. The molecule has 1 heterocycles. The van der Waals surface area contributed by atoms with Gasteiger partial charge in [0.05, 0.1) is 17.1 Å². The minimum absolute atomic E-state index is 0.0497. The number of hydrogen-bond donors (Lipinski definition) is 1. The highest BCUT2D eigenvalue weighted by atomic mass is 19.1. The van der Waals surface area contributed by atoms with Crippen LogP contribution < -0.4 is 10.1 Å². The summed E-state index contributed by atoms with van der Waals surface area (Å²) in [5.41, 5.74) is 1.76. The van der Waals surface area contributed by atoms with Crippen molar-refractivity contribution in [1.82, 2.24) is 14.9 Å². The Balaban J connectivity index is 1.60. The first kappa shape index (κ1) is 18.8. The number of carbonyl (C=O) groups excluding carboxylic acids is 1. The molecular formula is C20H21F2N3O2. The Kier molecular flexibility index (Phi) is 5.69. The summed E-state index contributed by atoms with van der Waals surface area (Å²) in [5, 5.41) is 2.83. The van der Waals surface area contributed by atoms with Crippen molar-refractivity contribution in [3.05, 3.63) is 59.9 Å². The van der Waals surface area contributed by atoms with Crippen LogP contribution in [0.15, 0.2) is 42.5 Å². The average molecular weight is 373 g/mol. The number of fused-ring (bicyclic) bond motifs is 1. The van der Waals surface area contributed by atoms with Gasteiger partial charge in [0, 0.05) is 12.5 Å². The Morgan fingerprint density at radius 2 is 2.04 bits per heavy atom. The molecule has 0 bridgehead atoms. The largest absolute Gasteiger partial charge is 0.488 e. The molecule has 3 rings (SSSR count). The number of ether oxygens (including phenoxy) is 1. The van der Waals surface area contributed by atoms with Crippen LogP contribution in [-0.2, 0) is 17.8 Å². The van der Waals surface area contributed by atoms with Crippen molar-refractivity contribution in [2.75, 3.05) is 6.61 Å². The Labute approximate surface area is 156 Å². The van der Waals surface area contributed by atoms with E-state index in [1.54, 1.807) is 6.92 Å². The summed E-state index contributed by atoms with van der Waals surface area (Å²) in [5.74, 6) is -0.843.